The van der Waals surface area contributed by atoms with Gasteiger partial charge in [-0.2, -0.15) is 13.2 Å². The molecule has 1 aliphatic rings. The van der Waals surface area contributed by atoms with Gasteiger partial charge < -0.3 is 4.90 Å². The smallest absolute Gasteiger partial charge is 0.305 e. The minimum Gasteiger partial charge on any atom is -0.305 e. The van der Waals surface area contributed by atoms with Crippen molar-refractivity contribution in [3.05, 3.63) is 101 Å². The molecule has 0 bridgehead atoms. The van der Waals surface area contributed by atoms with Crippen LogP contribution in [-0.4, -0.2) is 29.9 Å². The maximum atomic E-state index is 13.4. The molecule has 1 heterocycles. The second kappa shape index (κ2) is 9.75. The summed E-state index contributed by atoms with van der Waals surface area (Å²) in [6.07, 6.45) is -3.15. The summed E-state index contributed by atoms with van der Waals surface area (Å²) in [7, 11) is 0. The number of hydrogen-bond donors (Lipinski definition) is 0. The maximum Gasteiger partial charge on any atom is 0.416 e. The minimum atomic E-state index is -4.39. The van der Waals surface area contributed by atoms with Gasteiger partial charge in [0, 0.05) is 36.9 Å². The first-order valence-corrected chi connectivity index (χ1v) is 10.8. The predicted molar refractivity (Wildman–Crippen MR) is 119 cm³/mol. The Labute approximate surface area is 190 Å². The molecule has 7 heteroatoms. The maximum absolute atomic E-state index is 13.4. The van der Waals surface area contributed by atoms with Gasteiger partial charge in [-0.1, -0.05) is 36.4 Å². The first kappa shape index (κ1) is 23.0. The Balaban J connectivity index is 1.50. The summed E-state index contributed by atoms with van der Waals surface area (Å²) < 4.78 is 53.4. The van der Waals surface area contributed by atoms with Crippen LogP contribution in [-0.2, 0) is 12.7 Å². The fourth-order valence-electron chi connectivity index (χ4n) is 4.33. The van der Waals surface area contributed by atoms with Crippen LogP contribution < -0.4 is 4.90 Å². The lowest BCUT2D eigenvalue weighted by molar-refractivity contribution is -0.138. The zero-order valence-electron chi connectivity index (χ0n) is 17.9. The Morgan fingerprint density at radius 2 is 1.48 bits per heavy atom. The fraction of sp³-hybridized carbons (Fsp3) is 0.269. The van der Waals surface area contributed by atoms with Gasteiger partial charge >= 0.3 is 6.18 Å². The molecule has 33 heavy (non-hydrogen) atoms. The number of likely N-dealkylation sites (tertiary alicyclic amines) is 1. The Kier molecular flexibility index (Phi) is 6.79. The number of amides is 1. The van der Waals surface area contributed by atoms with E-state index in [0.29, 0.717) is 31.5 Å². The molecule has 0 N–H and O–H groups in total. The Morgan fingerprint density at radius 3 is 2.12 bits per heavy atom. The van der Waals surface area contributed by atoms with Crippen molar-refractivity contribution in [1.82, 2.24) is 4.90 Å². The minimum absolute atomic E-state index is 0.112. The van der Waals surface area contributed by atoms with Gasteiger partial charge in [0.1, 0.15) is 5.82 Å². The number of hydrogen-bond acceptors (Lipinski definition) is 2. The molecule has 1 fully saturated rings. The number of piperidine rings is 1. The van der Waals surface area contributed by atoms with E-state index in [1.54, 1.807) is 11.0 Å². The largest absolute Gasteiger partial charge is 0.416 e. The Morgan fingerprint density at radius 1 is 0.879 bits per heavy atom. The number of nitrogens with zero attached hydrogens (tertiary/aromatic N) is 2. The van der Waals surface area contributed by atoms with E-state index in [-0.39, 0.29) is 24.1 Å². The third-order valence-corrected chi connectivity index (χ3v) is 5.98. The van der Waals surface area contributed by atoms with Crippen LogP contribution in [0.15, 0.2) is 78.9 Å². The second-order valence-corrected chi connectivity index (χ2v) is 8.18. The average molecular weight is 456 g/mol. The number of carbonyl (C=O) groups excluding carboxylic acids is 1. The molecule has 0 aromatic heterocycles. The number of para-hydroxylation sites is 1. The normalized spacial score (nSPS) is 15.4. The summed E-state index contributed by atoms with van der Waals surface area (Å²) in [5, 5.41) is 0. The first-order chi connectivity index (χ1) is 15.8. The molecule has 0 spiro atoms. The molecule has 1 aliphatic heterocycles. The van der Waals surface area contributed by atoms with Crippen LogP contribution >= 0.6 is 0 Å². The molecule has 3 nitrogen and oxygen atoms in total. The highest BCUT2D eigenvalue weighted by molar-refractivity contribution is 6.06. The molecule has 0 atom stereocenters. The van der Waals surface area contributed by atoms with Crippen molar-refractivity contribution in [2.45, 2.75) is 31.6 Å². The third kappa shape index (κ3) is 5.42. The van der Waals surface area contributed by atoms with Gasteiger partial charge in [-0.3, -0.25) is 9.69 Å². The number of halogens is 4. The lowest BCUT2D eigenvalue weighted by atomic mass is 9.99. The highest BCUT2D eigenvalue weighted by atomic mass is 19.4. The molecule has 0 radical (unpaired) electrons. The predicted octanol–water partition coefficient (Wildman–Crippen LogP) is 6.16. The highest BCUT2D eigenvalue weighted by Crippen LogP contribution is 2.33. The molecule has 4 rings (SSSR count). The third-order valence-electron chi connectivity index (χ3n) is 5.98. The van der Waals surface area contributed by atoms with E-state index in [0.717, 1.165) is 11.8 Å². The molecule has 172 valence electrons. The summed E-state index contributed by atoms with van der Waals surface area (Å²) in [5.41, 5.74) is 0.782. The topological polar surface area (TPSA) is 23.6 Å². The summed E-state index contributed by atoms with van der Waals surface area (Å²) in [5.74, 6) is -0.632. The molecule has 0 saturated carbocycles. The lowest BCUT2D eigenvalue weighted by Crippen LogP contribution is -2.47. The molecule has 0 aliphatic carbocycles. The molecule has 0 unspecified atom stereocenters. The average Bonchev–Trinajstić information content (AvgIpc) is 2.81. The van der Waals surface area contributed by atoms with Gasteiger partial charge in [-0.05, 0) is 60.9 Å². The van der Waals surface area contributed by atoms with E-state index < -0.39 is 17.6 Å². The van der Waals surface area contributed by atoms with Crippen molar-refractivity contribution < 1.29 is 22.4 Å². The molecule has 1 amide bonds. The van der Waals surface area contributed by atoms with Gasteiger partial charge in [0.2, 0.25) is 0 Å². The zero-order chi connectivity index (χ0) is 23.4. The molecular weight excluding hydrogens is 432 g/mol. The summed E-state index contributed by atoms with van der Waals surface area (Å²) >= 11 is 0. The standard InChI is InChI=1S/C26H24F4N2O/c27-21-12-10-19(11-13-21)25(33)32(22-7-2-1-3-8-22)23-14-16-31(17-15-23)18-20-6-4-5-9-24(20)26(28,29)30/h1-13,23H,14-18H2. The van der Waals surface area contributed by atoms with E-state index in [9.17, 15) is 22.4 Å². The zero-order valence-corrected chi connectivity index (χ0v) is 17.9. The van der Waals surface area contributed by atoms with Crippen LogP contribution in [0.4, 0.5) is 23.2 Å². The summed E-state index contributed by atoms with van der Waals surface area (Å²) in [6, 6.07) is 20.3. The van der Waals surface area contributed by atoms with Crippen LogP contribution in [0.5, 0.6) is 0 Å². The fourth-order valence-corrected chi connectivity index (χ4v) is 4.33. The number of alkyl halides is 3. The molecule has 1 saturated heterocycles. The van der Waals surface area contributed by atoms with Gasteiger partial charge in [0.05, 0.1) is 5.56 Å². The highest BCUT2D eigenvalue weighted by Gasteiger charge is 2.34. The van der Waals surface area contributed by atoms with Crippen molar-refractivity contribution in [3.63, 3.8) is 0 Å². The molecule has 3 aromatic rings. The van der Waals surface area contributed by atoms with Crippen molar-refractivity contribution >= 4 is 11.6 Å². The number of rotatable bonds is 5. The van der Waals surface area contributed by atoms with Crippen LogP contribution in [0.1, 0.15) is 34.3 Å². The number of carbonyl (C=O) groups is 1. The van der Waals surface area contributed by atoms with Crippen LogP contribution in [0, 0.1) is 5.82 Å². The van der Waals surface area contributed by atoms with E-state index in [1.807, 2.05) is 35.2 Å². The van der Waals surface area contributed by atoms with Crippen LogP contribution in [0.3, 0.4) is 0 Å². The van der Waals surface area contributed by atoms with Crippen molar-refractivity contribution in [2.75, 3.05) is 18.0 Å². The van der Waals surface area contributed by atoms with Crippen LogP contribution in [0.2, 0.25) is 0 Å². The van der Waals surface area contributed by atoms with E-state index in [2.05, 4.69) is 0 Å². The SMILES string of the molecule is O=C(c1ccc(F)cc1)N(c1ccccc1)C1CCN(Cc2ccccc2C(F)(F)F)CC1. The van der Waals surface area contributed by atoms with E-state index in [1.165, 1.54) is 36.4 Å². The van der Waals surface area contributed by atoms with Crippen LogP contribution in [0.25, 0.3) is 0 Å². The summed E-state index contributed by atoms with van der Waals surface area (Å²) in [6.45, 7) is 1.34. The first-order valence-electron chi connectivity index (χ1n) is 10.8. The Bertz CT molecular complexity index is 1080. The monoisotopic (exact) mass is 456 g/mol. The van der Waals surface area contributed by atoms with Gasteiger partial charge in [-0.25, -0.2) is 4.39 Å². The lowest BCUT2D eigenvalue weighted by Gasteiger charge is -2.39. The van der Waals surface area contributed by atoms with Crippen molar-refractivity contribution in [2.24, 2.45) is 0 Å². The summed E-state index contributed by atoms with van der Waals surface area (Å²) in [4.78, 5) is 17.1. The van der Waals surface area contributed by atoms with E-state index in [4.69, 9.17) is 0 Å². The van der Waals surface area contributed by atoms with E-state index >= 15 is 0 Å². The second-order valence-electron chi connectivity index (χ2n) is 8.18. The van der Waals surface area contributed by atoms with Crippen molar-refractivity contribution in [1.29, 1.82) is 0 Å². The quantitative estimate of drug-likeness (QED) is 0.430. The molecular formula is C26H24F4N2O. The van der Waals surface area contributed by atoms with Gasteiger partial charge in [0.15, 0.2) is 0 Å². The van der Waals surface area contributed by atoms with Crippen molar-refractivity contribution in [3.8, 4) is 0 Å². The Hall–Kier alpha value is -3.19. The number of anilines is 1. The van der Waals surface area contributed by atoms with Gasteiger partial charge in [0.25, 0.3) is 5.91 Å². The molecule has 3 aromatic carbocycles. The van der Waals surface area contributed by atoms with Gasteiger partial charge in [-0.15, -0.1) is 0 Å². The number of benzene rings is 3.